The standard InChI is InChI=1S/C46H35N3O/c1-46(2,3)33-28-37(30-16-7-4-8-17-30)42(38(29-33)31-18-9-5-10-19-31)49-41-25-14-13-24-40(41)47-44(49)36-23-15-22-34-35-26-27-39(32-20-11-6-12-21-32)48-45(35)50-43(34)36/h4-29H,1-3H3. The number of fused-ring (bicyclic) bond motifs is 4. The molecule has 3 heterocycles. The van der Waals surface area contributed by atoms with E-state index in [0.29, 0.717) is 5.71 Å². The van der Waals surface area contributed by atoms with Crippen LogP contribution < -0.4 is 0 Å². The van der Waals surface area contributed by atoms with E-state index in [1.807, 2.05) is 18.2 Å². The quantitative estimate of drug-likeness (QED) is 0.187. The molecule has 0 saturated carbocycles. The van der Waals surface area contributed by atoms with E-state index in [9.17, 15) is 0 Å². The van der Waals surface area contributed by atoms with Crippen molar-refractivity contribution < 1.29 is 4.42 Å². The van der Waals surface area contributed by atoms with Crippen molar-refractivity contribution in [3.8, 4) is 50.6 Å². The Morgan fingerprint density at radius 1 is 0.520 bits per heavy atom. The van der Waals surface area contributed by atoms with Gasteiger partial charge in [-0.15, -0.1) is 0 Å². The van der Waals surface area contributed by atoms with Gasteiger partial charge in [0.1, 0.15) is 11.4 Å². The van der Waals surface area contributed by atoms with Crippen LogP contribution >= 0.6 is 0 Å². The summed E-state index contributed by atoms with van der Waals surface area (Å²) in [6.07, 6.45) is 0. The van der Waals surface area contributed by atoms with Gasteiger partial charge in [0.2, 0.25) is 5.71 Å². The van der Waals surface area contributed by atoms with Gasteiger partial charge in [0.25, 0.3) is 0 Å². The maximum absolute atomic E-state index is 6.72. The predicted octanol–water partition coefficient (Wildman–Crippen LogP) is 12.3. The van der Waals surface area contributed by atoms with E-state index in [-0.39, 0.29) is 5.41 Å². The second-order valence-electron chi connectivity index (χ2n) is 13.9. The van der Waals surface area contributed by atoms with E-state index in [0.717, 1.165) is 78.0 Å². The van der Waals surface area contributed by atoms with E-state index in [2.05, 4.69) is 165 Å². The third kappa shape index (κ3) is 5.00. The lowest BCUT2D eigenvalue weighted by molar-refractivity contribution is 0.590. The fourth-order valence-corrected chi connectivity index (χ4v) is 7.04. The summed E-state index contributed by atoms with van der Waals surface area (Å²) in [6, 6.07) is 55.3. The minimum atomic E-state index is -0.0725. The van der Waals surface area contributed by atoms with Crippen LogP contribution in [0.1, 0.15) is 26.3 Å². The van der Waals surface area contributed by atoms with Crippen LogP contribution in [0.25, 0.3) is 83.7 Å². The molecule has 6 aromatic carbocycles. The van der Waals surface area contributed by atoms with Crippen molar-refractivity contribution in [3.05, 3.63) is 163 Å². The Bertz CT molecular complexity index is 2600. The van der Waals surface area contributed by atoms with E-state index in [1.54, 1.807) is 0 Å². The molecule has 0 aliphatic heterocycles. The molecule has 0 unspecified atom stereocenters. The highest BCUT2D eigenvalue weighted by atomic mass is 16.3. The summed E-state index contributed by atoms with van der Waals surface area (Å²) in [4.78, 5) is 10.4. The summed E-state index contributed by atoms with van der Waals surface area (Å²) in [5.74, 6) is 0.817. The molecule has 0 aliphatic rings. The molecule has 0 N–H and O–H groups in total. The average Bonchev–Trinajstić information content (AvgIpc) is 3.73. The maximum atomic E-state index is 6.72. The van der Waals surface area contributed by atoms with Crippen LogP contribution in [-0.4, -0.2) is 14.5 Å². The highest BCUT2D eigenvalue weighted by molar-refractivity contribution is 6.09. The van der Waals surface area contributed by atoms with Crippen LogP contribution in [0.4, 0.5) is 0 Å². The molecule has 240 valence electrons. The van der Waals surface area contributed by atoms with Gasteiger partial charge in [-0.3, -0.25) is 4.57 Å². The van der Waals surface area contributed by atoms with E-state index < -0.39 is 0 Å². The van der Waals surface area contributed by atoms with Crippen LogP contribution in [0.3, 0.4) is 0 Å². The number of hydrogen-bond acceptors (Lipinski definition) is 3. The van der Waals surface area contributed by atoms with Gasteiger partial charge in [0.15, 0.2) is 0 Å². The first-order valence-corrected chi connectivity index (χ1v) is 17.1. The van der Waals surface area contributed by atoms with Gasteiger partial charge in [-0.25, -0.2) is 9.97 Å². The van der Waals surface area contributed by atoms with E-state index in [4.69, 9.17) is 14.4 Å². The summed E-state index contributed by atoms with van der Waals surface area (Å²) >= 11 is 0. The molecule has 0 spiro atoms. The van der Waals surface area contributed by atoms with Crippen LogP contribution in [0.2, 0.25) is 0 Å². The topological polar surface area (TPSA) is 43.9 Å². The zero-order chi connectivity index (χ0) is 33.8. The molecule has 4 heteroatoms. The number of aromatic nitrogens is 3. The summed E-state index contributed by atoms with van der Waals surface area (Å²) in [5, 5.41) is 1.99. The monoisotopic (exact) mass is 645 g/mol. The van der Waals surface area contributed by atoms with Crippen LogP contribution in [0.5, 0.6) is 0 Å². The Hall–Kier alpha value is -6.26. The lowest BCUT2D eigenvalue weighted by Crippen LogP contribution is -2.13. The molecule has 0 saturated heterocycles. The summed E-state index contributed by atoms with van der Waals surface area (Å²) in [7, 11) is 0. The number of pyridine rings is 1. The van der Waals surface area contributed by atoms with Crippen molar-refractivity contribution in [2.75, 3.05) is 0 Å². The number of nitrogens with zero attached hydrogens (tertiary/aromatic N) is 3. The first-order chi connectivity index (χ1) is 24.4. The van der Waals surface area contributed by atoms with Crippen molar-refractivity contribution in [3.63, 3.8) is 0 Å². The van der Waals surface area contributed by atoms with Crippen LogP contribution in [-0.2, 0) is 5.41 Å². The second-order valence-corrected chi connectivity index (χ2v) is 13.9. The van der Waals surface area contributed by atoms with Gasteiger partial charge < -0.3 is 4.42 Å². The van der Waals surface area contributed by atoms with Crippen molar-refractivity contribution in [2.24, 2.45) is 0 Å². The lowest BCUT2D eigenvalue weighted by Gasteiger charge is -2.26. The SMILES string of the molecule is CC(C)(C)c1cc(-c2ccccc2)c(-n2c(-c3cccc4c3oc3nc(-c5ccccc5)ccc34)nc3ccccc32)c(-c2ccccc2)c1. The first-order valence-electron chi connectivity index (χ1n) is 17.1. The Balaban J connectivity index is 1.38. The molecule has 4 nitrogen and oxygen atoms in total. The van der Waals surface area contributed by atoms with Gasteiger partial charge in [-0.1, -0.05) is 136 Å². The fourth-order valence-electron chi connectivity index (χ4n) is 7.04. The molecule has 9 aromatic rings. The van der Waals surface area contributed by atoms with Crippen LogP contribution in [0, 0.1) is 0 Å². The highest BCUT2D eigenvalue weighted by Gasteiger charge is 2.26. The second kappa shape index (κ2) is 11.7. The van der Waals surface area contributed by atoms with Gasteiger partial charge in [-0.2, -0.15) is 0 Å². The highest BCUT2D eigenvalue weighted by Crippen LogP contribution is 2.44. The fraction of sp³-hybridized carbons (Fsp3) is 0.0870. The summed E-state index contributed by atoms with van der Waals surface area (Å²) in [6.45, 7) is 6.84. The maximum Gasteiger partial charge on any atom is 0.227 e. The molecular weight excluding hydrogens is 611 g/mol. The number of benzene rings is 6. The predicted molar refractivity (Wildman–Crippen MR) is 207 cm³/mol. The molecular formula is C46H35N3O. The molecule has 0 atom stereocenters. The third-order valence-electron chi connectivity index (χ3n) is 9.60. The average molecular weight is 646 g/mol. The molecule has 3 aromatic heterocycles. The van der Waals surface area contributed by atoms with E-state index >= 15 is 0 Å². The molecule has 0 radical (unpaired) electrons. The molecule has 9 rings (SSSR count). The van der Waals surface area contributed by atoms with Gasteiger partial charge in [-0.05, 0) is 64.6 Å². The Kier molecular flexibility index (Phi) is 6.99. The lowest BCUT2D eigenvalue weighted by atomic mass is 9.82. The summed E-state index contributed by atoms with van der Waals surface area (Å²) < 4.78 is 9.06. The van der Waals surface area contributed by atoms with Crippen LogP contribution in [0.15, 0.2) is 162 Å². The first kappa shape index (κ1) is 29.8. The van der Waals surface area contributed by atoms with Crippen molar-refractivity contribution in [2.45, 2.75) is 26.2 Å². The minimum absolute atomic E-state index is 0.0725. The third-order valence-corrected chi connectivity index (χ3v) is 9.60. The molecule has 0 bridgehead atoms. The van der Waals surface area contributed by atoms with Gasteiger partial charge in [0, 0.05) is 27.5 Å². The molecule has 0 amide bonds. The smallest absolute Gasteiger partial charge is 0.227 e. The summed E-state index contributed by atoms with van der Waals surface area (Å²) in [5.41, 5.74) is 13.0. The largest absolute Gasteiger partial charge is 0.437 e. The molecule has 0 aliphatic carbocycles. The van der Waals surface area contributed by atoms with Gasteiger partial charge >= 0.3 is 0 Å². The zero-order valence-corrected chi connectivity index (χ0v) is 28.3. The minimum Gasteiger partial charge on any atom is -0.437 e. The van der Waals surface area contributed by atoms with Crippen molar-refractivity contribution >= 4 is 33.1 Å². The number of hydrogen-bond donors (Lipinski definition) is 0. The zero-order valence-electron chi connectivity index (χ0n) is 28.3. The van der Waals surface area contributed by atoms with Crippen molar-refractivity contribution in [1.82, 2.24) is 14.5 Å². The number of furan rings is 1. The number of imidazole rings is 1. The number of para-hydroxylation sites is 3. The number of rotatable bonds is 5. The van der Waals surface area contributed by atoms with Gasteiger partial charge in [0.05, 0.1) is 28.0 Å². The van der Waals surface area contributed by atoms with E-state index in [1.165, 1.54) is 5.56 Å². The Labute approximate surface area is 291 Å². The normalized spacial score (nSPS) is 11.9. The Morgan fingerprint density at radius 3 is 1.76 bits per heavy atom. The molecule has 50 heavy (non-hydrogen) atoms. The Morgan fingerprint density at radius 2 is 1.12 bits per heavy atom. The van der Waals surface area contributed by atoms with Crippen molar-refractivity contribution in [1.29, 1.82) is 0 Å². The molecule has 0 fully saturated rings.